The summed E-state index contributed by atoms with van der Waals surface area (Å²) in [5, 5.41) is 10.0. The molecule has 2 N–H and O–H groups in total. The first kappa shape index (κ1) is 8.26. The molecule has 0 fully saturated rings. The van der Waals surface area contributed by atoms with Gasteiger partial charge in [0, 0.05) is 5.56 Å². The molecule has 0 aliphatic carbocycles. The Morgan fingerprint density at radius 1 is 1.42 bits per heavy atom. The zero-order valence-electron chi connectivity index (χ0n) is 6.31. The summed E-state index contributed by atoms with van der Waals surface area (Å²) in [4.78, 5) is 9.47. The number of rotatable bonds is 2. The lowest BCUT2D eigenvalue weighted by molar-refractivity contribution is -0.401. The Morgan fingerprint density at radius 3 is 2.50 bits per heavy atom. The molecule has 0 aliphatic heterocycles. The van der Waals surface area contributed by atoms with Crippen molar-refractivity contribution in [2.45, 2.75) is 0 Å². The minimum Gasteiger partial charge on any atom is -0.393 e. The maximum absolute atomic E-state index is 10.0. The Morgan fingerprint density at radius 2 is 2.00 bits per heavy atom. The van der Waals surface area contributed by atoms with Crippen LogP contribution in [0.1, 0.15) is 5.56 Å². The fourth-order valence-corrected chi connectivity index (χ4v) is 0.819. The van der Waals surface area contributed by atoms with Gasteiger partial charge in [0.2, 0.25) is 0 Å². The van der Waals surface area contributed by atoms with Crippen molar-refractivity contribution in [1.82, 2.24) is 0 Å². The maximum atomic E-state index is 10.0. The van der Waals surface area contributed by atoms with Gasteiger partial charge in [0.15, 0.2) is 0 Å². The molecule has 12 heavy (non-hydrogen) atoms. The minimum absolute atomic E-state index is 0.167. The van der Waals surface area contributed by atoms with Crippen LogP contribution in [0, 0.1) is 10.1 Å². The van der Waals surface area contributed by atoms with Crippen molar-refractivity contribution >= 4 is 5.70 Å². The second-order valence-corrected chi connectivity index (χ2v) is 2.24. The normalized spacial score (nSPS) is 11.2. The second kappa shape index (κ2) is 3.52. The number of nitrogens with zero attached hydrogens (tertiary/aromatic N) is 1. The first-order valence-electron chi connectivity index (χ1n) is 3.36. The highest BCUT2D eigenvalue weighted by atomic mass is 16.6. The van der Waals surface area contributed by atoms with Crippen LogP contribution in [-0.4, -0.2) is 4.92 Å². The molecule has 0 amide bonds. The van der Waals surface area contributed by atoms with E-state index in [1.807, 2.05) is 6.07 Å². The van der Waals surface area contributed by atoms with Crippen molar-refractivity contribution in [3.05, 3.63) is 52.2 Å². The maximum Gasteiger partial charge on any atom is 0.257 e. The van der Waals surface area contributed by atoms with E-state index in [0.29, 0.717) is 5.56 Å². The summed E-state index contributed by atoms with van der Waals surface area (Å²) in [7, 11) is 0. The van der Waals surface area contributed by atoms with Gasteiger partial charge in [-0.05, 0) is 0 Å². The van der Waals surface area contributed by atoms with E-state index in [2.05, 4.69) is 0 Å². The standard InChI is InChI=1S/C8H8N2O2/c9-8(6-10(11)12)7-4-2-1-3-5-7/h1-6H,9H2/b8-6-. The summed E-state index contributed by atoms with van der Waals surface area (Å²) in [6, 6.07) is 8.81. The van der Waals surface area contributed by atoms with Crippen LogP contribution < -0.4 is 5.73 Å². The third kappa shape index (κ3) is 2.09. The summed E-state index contributed by atoms with van der Waals surface area (Å²) < 4.78 is 0. The van der Waals surface area contributed by atoms with Crippen LogP contribution in [0.3, 0.4) is 0 Å². The molecule has 1 aromatic carbocycles. The zero-order chi connectivity index (χ0) is 8.97. The molecule has 0 atom stereocenters. The van der Waals surface area contributed by atoms with Gasteiger partial charge in [-0.25, -0.2) is 0 Å². The molecule has 4 nitrogen and oxygen atoms in total. The van der Waals surface area contributed by atoms with Crippen LogP contribution >= 0.6 is 0 Å². The third-order valence-corrected chi connectivity index (χ3v) is 1.35. The average molecular weight is 164 g/mol. The van der Waals surface area contributed by atoms with E-state index in [1.54, 1.807) is 24.3 Å². The molecule has 4 heteroatoms. The van der Waals surface area contributed by atoms with Gasteiger partial charge in [0.1, 0.15) is 5.70 Å². The van der Waals surface area contributed by atoms with Crippen molar-refractivity contribution in [3.63, 3.8) is 0 Å². The molecule has 0 unspecified atom stereocenters. The van der Waals surface area contributed by atoms with Crippen molar-refractivity contribution in [2.75, 3.05) is 0 Å². The molecule has 0 heterocycles. The van der Waals surface area contributed by atoms with Crippen LogP contribution in [0.2, 0.25) is 0 Å². The van der Waals surface area contributed by atoms with E-state index in [4.69, 9.17) is 5.73 Å². The van der Waals surface area contributed by atoms with Gasteiger partial charge >= 0.3 is 0 Å². The lowest BCUT2D eigenvalue weighted by Crippen LogP contribution is -1.99. The van der Waals surface area contributed by atoms with Crippen molar-refractivity contribution in [3.8, 4) is 0 Å². The third-order valence-electron chi connectivity index (χ3n) is 1.35. The predicted molar refractivity (Wildman–Crippen MR) is 45.6 cm³/mol. The van der Waals surface area contributed by atoms with Crippen LogP contribution in [-0.2, 0) is 0 Å². The highest BCUT2D eigenvalue weighted by Gasteiger charge is 1.98. The Hall–Kier alpha value is -1.84. The Kier molecular flexibility index (Phi) is 2.42. The lowest BCUT2D eigenvalue weighted by Gasteiger charge is -1.95. The monoisotopic (exact) mass is 164 g/mol. The zero-order valence-corrected chi connectivity index (χ0v) is 6.31. The SMILES string of the molecule is N/C(=C\[N+](=O)[O-])c1ccccc1. The van der Waals surface area contributed by atoms with Gasteiger partial charge in [0.05, 0.1) is 4.92 Å². The van der Waals surface area contributed by atoms with Gasteiger partial charge in [-0.15, -0.1) is 0 Å². The minimum atomic E-state index is -0.567. The van der Waals surface area contributed by atoms with Gasteiger partial charge in [-0.2, -0.15) is 0 Å². The van der Waals surface area contributed by atoms with E-state index in [-0.39, 0.29) is 5.70 Å². The molecule has 0 saturated heterocycles. The fraction of sp³-hybridized carbons (Fsp3) is 0. The summed E-state index contributed by atoms with van der Waals surface area (Å²) in [5.41, 5.74) is 6.24. The predicted octanol–water partition coefficient (Wildman–Crippen LogP) is 1.22. The summed E-state index contributed by atoms with van der Waals surface area (Å²) in [6.45, 7) is 0. The smallest absolute Gasteiger partial charge is 0.257 e. The molecule has 1 aromatic rings. The molecule has 0 bridgehead atoms. The highest BCUT2D eigenvalue weighted by Crippen LogP contribution is 2.06. The van der Waals surface area contributed by atoms with Gasteiger partial charge < -0.3 is 5.73 Å². The van der Waals surface area contributed by atoms with Crippen molar-refractivity contribution in [2.24, 2.45) is 5.73 Å². The first-order valence-corrected chi connectivity index (χ1v) is 3.36. The van der Waals surface area contributed by atoms with Gasteiger partial charge in [0.25, 0.3) is 6.20 Å². The summed E-state index contributed by atoms with van der Waals surface area (Å²) in [6.07, 6.45) is 0.787. The molecular formula is C8H8N2O2. The van der Waals surface area contributed by atoms with Gasteiger partial charge in [-0.1, -0.05) is 30.3 Å². The quantitative estimate of drug-likeness (QED) is 0.527. The average Bonchev–Trinajstić information content (AvgIpc) is 2.05. The van der Waals surface area contributed by atoms with Gasteiger partial charge in [-0.3, -0.25) is 10.1 Å². The molecule has 0 saturated carbocycles. The Labute approximate surface area is 69.5 Å². The molecule has 62 valence electrons. The molecule has 0 radical (unpaired) electrons. The van der Waals surface area contributed by atoms with Crippen LogP contribution in [0.5, 0.6) is 0 Å². The Balaban J connectivity index is 2.93. The van der Waals surface area contributed by atoms with Crippen molar-refractivity contribution in [1.29, 1.82) is 0 Å². The first-order chi connectivity index (χ1) is 5.70. The number of nitro groups is 1. The number of hydrogen-bond acceptors (Lipinski definition) is 3. The fourth-order valence-electron chi connectivity index (χ4n) is 0.819. The molecule has 1 rings (SSSR count). The summed E-state index contributed by atoms with van der Waals surface area (Å²) >= 11 is 0. The van der Waals surface area contributed by atoms with E-state index in [9.17, 15) is 10.1 Å². The van der Waals surface area contributed by atoms with Crippen molar-refractivity contribution < 1.29 is 4.92 Å². The largest absolute Gasteiger partial charge is 0.393 e. The topological polar surface area (TPSA) is 69.2 Å². The number of benzene rings is 1. The molecule has 0 spiro atoms. The van der Waals surface area contributed by atoms with Crippen LogP contribution in [0.25, 0.3) is 5.70 Å². The molecule has 0 aromatic heterocycles. The summed E-state index contributed by atoms with van der Waals surface area (Å²) in [5.74, 6) is 0. The van der Waals surface area contributed by atoms with E-state index >= 15 is 0 Å². The number of nitrogens with two attached hydrogens (primary N) is 1. The second-order valence-electron chi connectivity index (χ2n) is 2.24. The van der Waals surface area contributed by atoms with E-state index in [1.165, 1.54) is 0 Å². The number of hydrogen-bond donors (Lipinski definition) is 1. The van der Waals surface area contributed by atoms with Crippen LogP contribution in [0.4, 0.5) is 0 Å². The molecular weight excluding hydrogens is 156 g/mol. The van der Waals surface area contributed by atoms with Crippen LogP contribution in [0.15, 0.2) is 36.5 Å². The van der Waals surface area contributed by atoms with E-state index < -0.39 is 4.92 Å². The highest BCUT2D eigenvalue weighted by molar-refractivity contribution is 5.60. The Bertz CT molecular complexity index is 306. The molecule has 0 aliphatic rings. The lowest BCUT2D eigenvalue weighted by atomic mass is 10.2. The van der Waals surface area contributed by atoms with E-state index in [0.717, 1.165) is 6.20 Å².